The van der Waals surface area contributed by atoms with Crippen LogP contribution >= 0.6 is 0 Å². The van der Waals surface area contributed by atoms with Crippen LogP contribution in [-0.2, 0) is 26.1 Å². The molecule has 2 heterocycles. The van der Waals surface area contributed by atoms with E-state index < -0.39 is 10.0 Å². The lowest BCUT2D eigenvalue weighted by atomic mass is 10.2. The summed E-state index contributed by atoms with van der Waals surface area (Å²) >= 11 is 0. The number of nitrogens with one attached hydrogen (secondary N) is 1. The Kier molecular flexibility index (Phi) is 6.74. The van der Waals surface area contributed by atoms with Crippen LogP contribution in [0.4, 0.5) is 5.95 Å². The number of hydrogen-bond donors (Lipinski definition) is 1. The molecule has 0 saturated carbocycles. The summed E-state index contributed by atoms with van der Waals surface area (Å²) in [6.45, 7) is 2.04. The highest BCUT2D eigenvalue weighted by atomic mass is 32.2. The van der Waals surface area contributed by atoms with Gasteiger partial charge >= 0.3 is 0 Å². The molecule has 2 aromatic carbocycles. The van der Waals surface area contributed by atoms with E-state index in [1.54, 1.807) is 29.2 Å². The molecule has 1 saturated heterocycles. The number of sulfonamides is 1. The molecule has 0 bridgehead atoms. The maximum absolute atomic E-state index is 12.7. The van der Waals surface area contributed by atoms with Crippen LogP contribution in [0.25, 0.3) is 6.08 Å². The van der Waals surface area contributed by atoms with E-state index in [1.165, 1.54) is 22.5 Å². The van der Waals surface area contributed by atoms with Crippen molar-refractivity contribution >= 4 is 28.0 Å². The highest BCUT2D eigenvalue weighted by Gasteiger charge is 2.25. The number of morpholine rings is 1. The molecule has 0 spiro atoms. The number of rotatable bonds is 7. The summed E-state index contributed by atoms with van der Waals surface area (Å²) in [4.78, 5) is 16.5. The van der Waals surface area contributed by atoms with Gasteiger partial charge in [-0.05, 0) is 29.3 Å². The number of hydrogen-bond acceptors (Lipinski definition) is 6. The normalized spacial score (nSPS) is 15.1. The molecule has 0 unspecified atom stereocenters. The lowest BCUT2D eigenvalue weighted by molar-refractivity contribution is -0.111. The van der Waals surface area contributed by atoms with Gasteiger partial charge in [-0.15, -0.1) is 5.10 Å². The Labute approximate surface area is 186 Å². The second-order valence-corrected chi connectivity index (χ2v) is 9.10. The van der Waals surface area contributed by atoms with Gasteiger partial charge in [0.1, 0.15) is 6.33 Å². The number of carbonyl (C=O) groups excluding carboxylic acids is 1. The summed E-state index contributed by atoms with van der Waals surface area (Å²) in [5.41, 5.74) is 1.78. The molecule has 9 nitrogen and oxygen atoms in total. The van der Waals surface area contributed by atoms with Gasteiger partial charge in [-0.1, -0.05) is 42.5 Å². The van der Waals surface area contributed by atoms with Gasteiger partial charge in [-0.3, -0.25) is 10.1 Å². The third kappa shape index (κ3) is 5.47. The number of aromatic nitrogens is 3. The molecule has 1 aliphatic heterocycles. The zero-order chi connectivity index (χ0) is 22.4. The Hall–Kier alpha value is -3.34. The molecule has 4 rings (SSSR count). The van der Waals surface area contributed by atoms with E-state index in [2.05, 4.69) is 15.4 Å². The van der Waals surface area contributed by atoms with E-state index in [0.717, 1.165) is 5.56 Å². The average molecular weight is 454 g/mol. The van der Waals surface area contributed by atoms with Gasteiger partial charge in [0.15, 0.2) is 0 Å². The van der Waals surface area contributed by atoms with Gasteiger partial charge in [-0.2, -0.15) is 4.31 Å². The van der Waals surface area contributed by atoms with Crippen molar-refractivity contribution in [2.24, 2.45) is 0 Å². The maximum Gasteiger partial charge on any atom is 0.250 e. The Morgan fingerprint density at radius 2 is 1.78 bits per heavy atom. The van der Waals surface area contributed by atoms with Crippen LogP contribution < -0.4 is 5.32 Å². The molecule has 0 radical (unpaired) electrons. The number of ether oxygens (including phenoxy) is 1. The van der Waals surface area contributed by atoms with Crippen molar-refractivity contribution in [2.75, 3.05) is 31.6 Å². The quantitative estimate of drug-likeness (QED) is 0.549. The van der Waals surface area contributed by atoms with E-state index in [1.807, 2.05) is 30.3 Å². The fourth-order valence-corrected chi connectivity index (χ4v) is 4.62. The second-order valence-electron chi connectivity index (χ2n) is 7.16. The van der Waals surface area contributed by atoms with Crippen molar-refractivity contribution in [3.63, 3.8) is 0 Å². The monoisotopic (exact) mass is 453 g/mol. The van der Waals surface area contributed by atoms with Crippen molar-refractivity contribution < 1.29 is 17.9 Å². The molecular weight excluding hydrogens is 430 g/mol. The topological polar surface area (TPSA) is 106 Å². The molecule has 166 valence electrons. The largest absolute Gasteiger partial charge is 0.379 e. The molecule has 10 heteroatoms. The van der Waals surface area contributed by atoms with Crippen LogP contribution in [0.1, 0.15) is 11.1 Å². The first-order valence-electron chi connectivity index (χ1n) is 10.1. The molecule has 1 fully saturated rings. The molecule has 0 atom stereocenters. The van der Waals surface area contributed by atoms with Crippen molar-refractivity contribution in [2.45, 2.75) is 11.4 Å². The Bertz CT molecular complexity index is 1180. The summed E-state index contributed by atoms with van der Waals surface area (Å²) in [5.74, 6) is -0.171. The molecule has 1 N–H and O–H groups in total. The SMILES string of the molecule is O=C(/C=C/c1ccc(S(=O)(=O)N2CCOCC2)cc1)Nc1ncn(Cc2ccccc2)n1. The third-order valence-electron chi connectivity index (χ3n) is 4.87. The van der Waals surface area contributed by atoms with Crippen LogP contribution in [0.3, 0.4) is 0 Å². The number of nitrogens with zero attached hydrogens (tertiary/aromatic N) is 4. The van der Waals surface area contributed by atoms with E-state index in [9.17, 15) is 13.2 Å². The molecular formula is C22H23N5O4S. The first kappa shape index (κ1) is 21.9. The molecule has 1 aliphatic rings. The van der Waals surface area contributed by atoms with E-state index in [-0.39, 0.29) is 16.8 Å². The van der Waals surface area contributed by atoms with Crippen molar-refractivity contribution in [1.82, 2.24) is 19.1 Å². The fourth-order valence-electron chi connectivity index (χ4n) is 3.21. The van der Waals surface area contributed by atoms with E-state index >= 15 is 0 Å². The van der Waals surface area contributed by atoms with Gasteiger partial charge in [0.25, 0.3) is 5.91 Å². The first-order valence-corrected chi connectivity index (χ1v) is 11.6. The van der Waals surface area contributed by atoms with Crippen LogP contribution in [0.2, 0.25) is 0 Å². The lowest BCUT2D eigenvalue weighted by Gasteiger charge is -2.26. The van der Waals surface area contributed by atoms with Gasteiger partial charge in [0.05, 0.1) is 24.7 Å². The highest BCUT2D eigenvalue weighted by Crippen LogP contribution is 2.18. The molecule has 1 amide bonds. The smallest absolute Gasteiger partial charge is 0.250 e. The van der Waals surface area contributed by atoms with E-state index in [0.29, 0.717) is 38.4 Å². The summed E-state index contributed by atoms with van der Waals surface area (Å²) in [7, 11) is -3.54. The van der Waals surface area contributed by atoms with Gasteiger partial charge in [0.2, 0.25) is 16.0 Å². The molecule has 3 aromatic rings. The van der Waals surface area contributed by atoms with Crippen LogP contribution in [0, 0.1) is 0 Å². The van der Waals surface area contributed by atoms with Gasteiger partial charge in [0, 0.05) is 19.2 Å². The van der Waals surface area contributed by atoms with Crippen molar-refractivity contribution in [3.05, 3.63) is 78.1 Å². The summed E-state index contributed by atoms with van der Waals surface area (Å²) in [6.07, 6.45) is 4.50. The van der Waals surface area contributed by atoms with Crippen LogP contribution in [0.15, 0.2) is 71.9 Å². The number of anilines is 1. The molecule has 1 aromatic heterocycles. The number of carbonyl (C=O) groups is 1. The average Bonchev–Trinajstić information content (AvgIpc) is 3.25. The minimum atomic E-state index is -3.54. The lowest BCUT2D eigenvalue weighted by Crippen LogP contribution is -2.40. The molecule has 0 aliphatic carbocycles. The highest BCUT2D eigenvalue weighted by molar-refractivity contribution is 7.89. The Morgan fingerprint density at radius 1 is 1.06 bits per heavy atom. The molecule has 32 heavy (non-hydrogen) atoms. The minimum Gasteiger partial charge on any atom is -0.379 e. The van der Waals surface area contributed by atoms with Gasteiger partial charge in [-0.25, -0.2) is 18.1 Å². The minimum absolute atomic E-state index is 0.211. The predicted octanol–water partition coefficient (Wildman–Crippen LogP) is 2.00. The Morgan fingerprint density at radius 3 is 2.50 bits per heavy atom. The van der Waals surface area contributed by atoms with E-state index in [4.69, 9.17) is 4.74 Å². The van der Waals surface area contributed by atoms with Gasteiger partial charge < -0.3 is 4.74 Å². The zero-order valence-corrected chi connectivity index (χ0v) is 18.1. The first-order chi connectivity index (χ1) is 15.5. The van der Waals surface area contributed by atoms with Crippen LogP contribution in [-0.4, -0.2) is 59.7 Å². The maximum atomic E-state index is 12.7. The number of benzene rings is 2. The third-order valence-corrected chi connectivity index (χ3v) is 6.79. The second kappa shape index (κ2) is 9.86. The predicted molar refractivity (Wildman–Crippen MR) is 119 cm³/mol. The van der Waals surface area contributed by atoms with Crippen molar-refractivity contribution in [3.8, 4) is 0 Å². The number of amides is 1. The standard InChI is InChI=1S/C22H23N5O4S/c28-21(24-22-23-17-26(25-22)16-19-4-2-1-3-5-19)11-8-18-6-9-20(10-7-18)32(29,30)27-12-14-31-15-13-27/h1-11,17H,12-16H2,(H,24,25,28)/b11-8+. The fraction of sp³-hybridized carbons (Fsp3) is 0.227. The van der Waals surface area contributed by atoms with Crippen molar-refractivity contribution in [1.29, 1.82) is 0 Å². The summed E-state index contributed by atoms with van der Waals surface area (Å²) in [6, 6.07) is 16.2. The summed E-state index contributed by atoms with van der Waals surface area (Å²) < 4.78 is 33.6. The Balaban J connectivity index is 1.34. The van der Waals surface area contributed by atoms with Crippen LogP contribution in [0.5, 0.6) is 0 Å². The zero-order valence-electron chi connectivity index (χ0n) is 17.3. The summed E-state index contributed by atoms with van der Waals surface area (Å²) in [5, 5.41) is 6.86.